The molecule has 0 unspecified atom stereocenters. The quantitative estimate of drug-likeness (QED) is 0.230. The van der Waals surface area contributed by atoms with Gasteiger partial charge < -0.3 is 15.3 Å². The van der Waals surface area contributed by atoms with Gasteiger partial charge in [0.25, 0.3) is 0 Å². The third-order valence-electron chi connectivity index (χ3n) is 7.89. The topological polar surface area (TPSA) is 69.2 Å². The van der Waals surface area contributed by atoms with Gasteiger partial charge in [-0.15, -0.1) is 17.2 Å². The molecule has 0 aliphatic rings. The number of benzene rings is 3. The molecule has 0 amide bonds. The summed E-state index contributed by atoms with van der Waals surface area (Å²) in [6.07, 6.45) is 0. The number of hydrogen-bond acceptors (Lipinski definition) is 3. The average molecular weight is 755 g/mol. The first kappa shape index (κ1) is 44.3. The first-order valence-electron chi connectivity index (χ1n) is 16.3. The van der Waals surface area contributed by atoms with Gasteiger partial charge in [0.15, 0.2) is 0 Å². The maximum atomic E-state index is 12.3. The van der Waals surface area contributed by atoms with Crippen LogP contribution in [0.2, 0.25) is 0 Å². The van der Waals surface area contributed by atoms with Crippen molar-refractivity contribution in [2.75, 3.05) is 0 Å². The van der Waals surface area contributed by atoms with Crippen molar-refractivity contribution in [3.63, 3.8) is 0 Å². The fraction of sp³-hybridized carbons (Fsp3) is 0.571. The van der Waals surface area contributed by atoms with Gasteiger partial charge in [-0.1, -0.05) is 213 Å². The summed E-state index contributed by atoms with van der Waals surface area (Å²) in [5.41, 5.74) is 5.05. The van der Waals surface area contributed by atoms with Crippen LogP contribution in [0.15, 0.2) is 54.6 Å². The molecule has 4 heteroatoms. The molecular formula is C42H63LaO3. The van der Waals surface area contributed by atoms with E-state index < -0.39 is 0 Å². The van der Waals surface area contributed by atoms with Crippen LogP contribution in [0.5, 0.6) is 17.2 Å². The predicted molar refractivity (Wildman–Crippen MR) is 190 cm³/mol. The Kier molecular flexibility index (Phi) is 15.1. The summed E-state index contributed by atoms with van der Waals surface area (Å²) in [5.74, 6) is 0.618. The van der Waals surface area contributed by atoms with E-state index in [1.54, 1.807) is 0 Å². The van der Waals surface area contributed by atoms with Crippen molar-refractivity contribution in [1.29, 1.82) is 0 Å². The Labute approximate surface area is 311 Å². The molecule has 0 aromatic heterocycles. The molecule has 0 saturated heterocycles. The predicted octanol–water partition coefficient (Wildman–Crippen LogP) is 10.1. The van der Waals surface area contributed by atoms with E-state index in [0.29, 0.717) is 0 Å². The second-order valence-corrected chi connectivity index (χ2v) is 18.5. The van der Waals surface area contributed by atoms with Crippen LogP contribution in [-0.4, -0.2) is 0 Å². The Morgan fingerprint density at radius 2 is 0.391 bits per heavy atom. The van der Waals surface area contributed by atoms with Crippen LogP contribution in [0.4, 0.5) is 0 Å². The average Bonchev–Trinajstić information content (AvgIpc) is 2.81. The zero-order chi connectivity index (χ0) is 35.6. The van der Waals surface area contributed by atoms with Gasteiger partial charge in [0.2, 0.25) is 0 Å². The fourth-order valence-corrected chi connectivity index (χ4v) is 5.15. The molecule has 3 aromatic rings. The molecule has 0 atom stereocenters. The Morgan fingerprint density at radius 1 is 0.283 bits per heavy atom. The van der Waals surface area contributed by atoms with Crippen LogP contribution >= 0.6 is 0 Å². The van der Waals surface area contributed by atoms with E-state index in [-0.39, 0.29) is 85.3 Å². The van der Waals surface area contributed by atoms with E-state index >= 15 is 0 Å². The Balaban J connectivity index is 0.000000653. The molecule has 3 aromatic carbocycles. The summed E-state index contributed by atoms with van der Waals surface area (Å²) < 4.78 is 0. The van der Waals surface area contributed by atoms with Crippen molar-refractivity contribution in [3.8, 4) is 17.2 Å². The molecule has 0 fully saturated rings. The van der Waals surface area contributed by atoms with Gasteiger partial charge in [0, 0.05) is 0 Å². The molecule has 252 valence electrons. The summed E-state index contributed by atoms with van der Waals surface area (Å²) in [5, 5.41) is 36.8. The summed E-state index contributed by atoms with van der Waals surface area (Å²) >= 11 is 0. The van der Waals surface area contributed by atoms with E-state index in [0.717, 1.165) is 33.4 Å². The first-order valence-corrected chi connectivity index (χ1v) is 16.3. The molecule has 0 radical (unpaired) electrons. The number of rotatable bonds is 0. The molecule has 0 bridgehead atoms. The molecular weight excluding hydrogens is 691 g/mol. The van der Waals surface area contributed by atoms with E-state index in [4.69, 9.17) is 0 Å². The third-order valence-corrected chi connectivity index (χ3v) is 7.89. The van der Waals surface area contributed by atoms with Gasteiger partial charge in [0.1, 0.15) is 0 Å². The maximum Gasteiger partial charge on any atom is 3.00 e. The third kappa shape index (κ3) is 12.4. The van der Waals surface area contributed by atoms with Crippen molar-refractivity contribution in [3.05, 3.63) is 88.0 Å². The summed E-state index contributed by atoms with van der Waals surface area (Å²) in [7, 11) is 0. The number of para-hydroxylation sites is 3. The Morgan fingerprint density at radius 3 is 0.478 bits per heavy atom. The van der Waals surface area contributed by atoms with Crippen LogP contribution in [0.1, 0.15) is 158 Å². The molecule has 3 nitrogen and oxygen atoms in total. The first-order chi connectivity index (χ1) is 19.9. The van der Waals surface area contributed by atoms with E-state index in [1.807, 2.05) is 54.6 Å². The summed E-state index contributed by atoms with van der Waals surface area (Å²) in [6.45, 7) is 37.4. The van der Waals surface area contributed by atoms with Crippen molar-refractivity contribution < 1.29 is 50.9 Å². The van der Waals surface area contributed by atoms with Crippen LogP contribution in [0.25, 0.3) is 0 Å². The number of hydrogen-bond donors (Lipinski definition) is 0. The van der Waals surface area contributed by atoms with E-state index in [2.05, 4.69) is 125 Å². The summed E-state index contributed by atoms with van der Waals surface area (Å²) in [6, 6.07) is 17.6. The molecule has 0 saturated carbocycles. The molecule has 0 spiro atoms. The van der Waals surface area contributed by atoms with Crippen molar-refractivity contribution in [2.45, 2.75) is 157 Å². The smallest absolute Gasteiger partial charge is 0.872 e. The monoisotopic (exact) mass is 754 g/mol. The second kappa shape index (κ2) is 15.6. The SMILES string of the molecule is CC(C)(C)c1cccc(C(C)(C)C)c1[O-].CC(C)(C)c1cccc(C(C)(C)C)c1[O-].CC(C)(C)c1cccc(C(C)(C)C)c1[O-].[La+3]. The minimum Gasteiger partial charge on any atom is -0.872 e. The van der Waals surface area contributed by atoms with Crippen LogP contribution in [0, 0.1) is 35.6 Å². The van der Waals surface area contributed by atoms with Crippen LogP contribution < -0.4 is 15.3 Å². The van der Waals surface area contributed by atoms with Gasteiger partial charge in [-0.25, -0.2) is 0 Å². The molecule has 46 heavy (non-hydrogen) atoms. The van der Waals surface area contributed by atoms with E-state index in [9.17, 15) is 15.3 Å². The molecule has 0 aliphatic carbocycles. The van der Waals surface area contributed by atoms with Crippen LogP contribution in [0.3, 0.4) is 0 Å². The maximum absolute atomic E-state index is 12.3. The minimum absolute atomic E-state index is 0. The van der Waals surface area contributed by atoms with Crippen LogP contribution in [-0.2, 0) is 32.5 Å². The summed E-state index contributed by atoms with van der Waals surface area (Å²) in [4.78, 5) is 0. The standard InChI is InChI=1S/3C14H22O.La/c3*1-13(2,3)10-8-7-9-11(12(10)15)14(4,5)6;/h3*7-9,15H,1-6H3;/q;;;+3/p-3. The van der Waals surface area contributed by atoms with Crippen molar-refractivity contribution >= 4 is 0 Å². The zero-order valence-corrected chi connectivity index (χ0v) is 36.1. The Hall–Kier alpha value is -1.75. The van der Waals surface area contributed by atoms with Gasteiger partial charge in [-0.2, -0.15) is 0 Å². The fourth-order valence-electron chi connectivity index (χ4n) is 5.15. The van der Waals surface area contributed by atoms with E-state index in [1.165, 1.54) is 0 Å². The minimum atomic E-state index is -0.0711. The molecule has 0 heterocycles. The molecule has 0 aliphatic heterocycles. The zero-order valence-electron chi connectivity index (χ0n) is 32.5. The second-order valence-electron chi connectivity index (χ2n) is 18.5. The normalized spacial score (nSPS) is 12.7. The molecule has 0 N–H and O–H groups in total. The van der Waals surface area contributed by atoms with Gasteiger partial charge in [0.05, 0.1) is 0 Å². The van der Waals surface area contributed by atoms with Gasteiger partial charge in [-0.3, -0.25) is 0 Å². The largest absolute Gasteiger partial charge is 3.00 e. The van der Waals surface area contributed by atoms with Crippen molar-refractivity contribution in [1.82, 2.24) is 0 Å². The van der Waals surface area contributed by atoms with Gasteiger partial charge in [-0.05, 0) is 32.5 Å². The Bertz CT molecular complexity index is 1140. The van der Waals surface area contributed by atoms with Gasteiger partial charge >= 0.3 is 35.6 Å². The molecule has 3 rings (SSSR count). The van der Waals surface area contributed by atoms with Crippen molar-refractivity contribution in [2.24, 2.45) is 0 Å².